The van der Waals surface area contributed by atoms with Crippen molar-refractivity contribution in [1.82, 2.24) is 5.32 Å². The molecule has 0 aromatic rings. The van der Waals surface area contributed by atoms with E-state index >= 15 is 0 Å². The molecule has 0 aromatic heterocycles. The van der Waals surface area contributed by atoms with Crippen LogP contribution in [0.3, 0.4) is 0 Å². The summed E-state index contributed by atoms with van der Waals surface area (Å²) in [5.74, 6) is 0. The molecule has 0 aromatic carbocycles. The second-order valence-electron chi connectivity index (χ2n) is 3.63. The number of nitrogens with one attached hydrogen (secondary N) is 1. The van der Waals surface area contributed by atoms with Crippen molar-refractivity contribution >= 4 is 5.71 Å². The van der Waals surface area contributed by atoms with Crippen LogP contribution in [-0.4, -0.2) is 18.8 Å². The maximum atomic E-state index is 4.62. The third-order valence-corrected chi connectivity index (χ3v) is 2.83. The van der Waals surface area contributed by atoms with E-state index in [1.165, 1.54) is 22.6 Å². The zero-order valence-corrected chi connectivity index (χ0v) is 7.51. The molecule has 3 aliphatic rings. The van der Waals surface area contributed by atoms with Crippen molar-refractivity contribution in [2.75, 3.05) is 13.1 Å². The highest BCUT2D eigenvalue weighted by atomic mass is 14.9. The Morgan fingerprint density at radius 1 is 1.31 bits per heavy atom. The Morgan fingerprint density at radius 2 is 2.31 bits per heavy atom. The molecule has 3 rings (SSSR count). The molecule has 2 aliphatic heterocycles. The van der Waals surface area contributed by atoms with E-state index < -0.39 is 0 Å². The number of piperidine rings is 1. The molecule has 0 spiro atoms. The first-order valence-corrected chi connectivity index (χ1v) is 4.83. The van der Waals surface area contributed by atoms with Crippen LogP contribution in [0.4, 0.5) is 0 Å². The monoisotopic (exact) mass is 172 g/mol. The summed E-state index contributed by atoms with van der Waals surface area (Å²) >= 11 is 0. The quantitative estimate of drug-likeness (QED) is 0.589. The Bertz CT molecular complexity index is 370. The fourth-order valence-corrected chi connectivity index (χ4v) is 2.18. The first-order valence-electron chi connectivity index (χ1n) is 4.83. The number of allylic oxidation sites excluding steroid dienone is 4. The van der Waals surface area contributed by atoms with Crippen LogP contribution < -0.4 is 5.32 Å². The van der Waals surface area contributed by atoms with Gasteiger partial charge in [-0.25, -0.2) is 0 Å². The lowest BCUT2D eigenvalue weighted by molar-refractivity contribution is 0.732. The molecule has 66 valence electrons. The number of aliphatic imine (C=N–C) groups is 1. The van der Waals surface area contributed by atoms with Gasteiger partial charge >= 0.3 is 0 Å². The zero-order chi connectivity index (χ0) is 8.67. The lowest BCUT2D eigenvalue weighted by Gasteiger charge is -2.16. The summed E-state index contributed by atoms with van der Waals surface area (Å²) in [6.45, 7) is 2.06. The zero-order valence-electron chi connectivity index (χ0n) is 7.51. The average Bonchev–Trinajstić information content (AvgIpc) is 2.56. The fourth-order valence-electron chi connectivity index (χ4n) is 2.18. The number of nitrogens with zero attached hydrogens (tertiary/aromatic N) is 1. The van der Waals surface area contributed by atoms with E-state index in [0.717, 1.165) is 25.9 Å². The van der Waals surface area contributed by atoms with E-state index in [9.17, 15) is 0 Å². The molecule has 0 atom stereocenters. The standard InChI is InChI=1S/C11H12N2/c1-2-4-10-8(3-1)9-5-6-12-7-11(9)13-10/h1-2,4,12H,3,5-7H2. The summed E-state index contributed by atoms with van der Waals surface area (Å²) < 4.78 is 0. The van der Waals surface area contributed by atoms with Crippen molar-refractivity contribution in [2.24, 2.45) is 4.99 Å². The van der Waals surface area contributed by atoms with Gasteiger partial charge in [0.25, 0.3) is 0 Å². The predicted molar refractivity (Wildman–Crippen MR) is 53.8 cm³/mol. The number of hydrogen-bond acceptors (Lipinski definition) is 2. The second kappa shape index (κ2) is 2.67. The lowest BCUT2D eigenvalue weighted by atomic mass is 9.95. The number of rotatable bonds is 0. The van der Waals surface area contributed by atoms with Crippen LogP contribution in [0.2, 0.25) is 0 Å². The molecule has 1 saturated heterocycles. The predicted octanol–water partition coefficient (Wildman–Crippen LogP) is 1.57. The molecule has 0 amide bonds. The third-order valence-electron chi connectivity index (χ3n) is 2.83. The highest BCUT2D eigenvalue weighted by Crippen LogP contribution is 2.33. The molecule has 0 bridgehead atoms. The Labute approximate surface area is 77.7 Å². The second-order valence-corrected chi connectivity index (χ2v) is 3.63. The van der Waals surface area contributed by atoms with E-state index in [-0.39, 0.29) is 0 Å². The first-order chi connectivity index (χ1) is 6.45. The molecular formula is C11H12N2. The fraction of sp³-hybridized carbons (Fsp3) is 0.364. The molecule has 0 unspecified atom stereocenters. The minimum Gasteiger partial charge on any atom is -0.311 e. The Balaban J connectivity index is 2.10. The SMILES string of the molecule is C1=CCC2=C3CCNCC3=NC2=C1. The van der Waals surface area contributed by atoms with E-state index in [1.807, 2.05) is 0 Å². The smallest absolute Gasteiger partial charge is 0.0672 e. The van der Waals surface area contributed by atoms with E-state index in [1.54, 1.807) is 0 Å². The molecule has 1 fully saturated rings. The minimum atomic E-state index is 0.955. The summed E-state index contributed by atoms with van der Waals surface area (Å²) in [6, 6.07) is 0. The number of fused-ring (bicyclic) bond motifs is 2. The molecule has 2 heteroatoms. The first kappa shape index (κ1) is 7.27. The molecule has 1 aliphatic carbocycles. The Kier molecular flexibility index (Phi) is 1.49. The molecule has 0 saturated carbocycles. The molecule has 2 heterocycles. The molecule has 1 N–H and O–H groups in total. The lowest BCUT2D eigenvalue weighted by Crippen LogP contribution is -2.31. The van der Waals surface area contributed by atoms with Crippen LogP contribution in [0.1, 0.15) is 12.8 Å². The van der Waals surface area contributed by atoms with Crippen LogP contribution >= 0.6 is 0 Å². The van der Waals surface area contributed by atoms with Crippen molar-refractivity contribution in [3.8, 4) is 0 Å². The highest BCUT2D eigenvalue weighted by Gasteiger charge is 2.25. The van der Waals surface area contributed by atoms with Crippen molar-refractivity contribution in [3.63, 3.8) is 0 Å². The van der Waals surface area contributed by atoms with E-state index in [4.69, 9.17) is 0 Å². The molecule has 13 heavy (non-hydrogen) atoms. The van der Waals surface area contributed by atoms with Crippen molar-refractivity contribution < 1.29 is 0 Å². The van der Waals surface area contributed by atoms with Gasteiger partial charge in [0.1, 0.15) is 0 Å². The van der Waals surface area contributed by atoms with Crippen LogP contribution in [0.5, 0.6) is 0 Å². The minimum absolute atomic E-state index is 0.955. The van der Waals surface area contributed by atoms with Gasteiger partial charge in [-0.1, -0.05) is 12.2 Å². The van der Waals surface area contributed by atoms with Gasteiger partial charge in [0, 0.05) is 6.54 Å². The summed E-state index contributed by atoms with van der Waals surface area (Å²) in [5.41, 5.74) is 5.46. The van der Waals surface area contributed by atoms with Gasteiger partial charge in [-0.3, -0.25) is 4.99 Å². The average molecular weight is 172 g/mol. The Hall–Kier alpha value is -1.15. The van der Waals surface area contributed by atoms with Crippen LogP contribution in [0, 0.1) is 0 Å². The number of hydrogen-bond donors (Lipinski definition) is 1. The normalized spacial score (nSPS) is 25.2. The summed E-state index contributed by atoms with van der Waals surface area (Å²) in [5, 5.41) is 3.35. The summed E-state index contributed by atoms with van der Waals surface area (Å²) in [7, 11) is 0. The van der Waals surface area contributed by atoms with Gasteiger partial charge in [-0.15, -0.1) is 0 Å². The van der Waals surface area contributed by atoms with Gasteiger partial charge in [-0.2, -0.15) is 0 Å². The van der Waals surface area contributed by atoms with E-state index in [0.29, 0.717) is 0 Å². The van der Waals surface area contributed by atoms with Crippen LogP contribution in [0.15, 0.2) is 40.1 Å². The third kappa shape index (κ3) is 1.02. The maximum absolute atomic E-state index is 4.62. The summed E-state index contributed by atoms with van der Waals surface area (Å²) in [4.78, 5) is 4.62. The van der Waals surface area contributed by atoms with Gasteiger partial charge < -0.3 is 5.32 Å². The van der Waals surface area contributed by atoms with Crippen LogP contribution in [-0.2, 0) is 0 Å². The maximum Gasteiger partial charge on any atom is 0.0672 e. The molecule has 0 radical (unpaired) electrons. The van der Waals surface area contributed by atoms with Gasteiger partial charge in [0.15, 0.2) is 0 Å². The van der Waals surface area contributed by atoms with Gasteiger partial charge in [0.05, 0.1) is 11.4 Å². The molecule has 2 nitrogen and oxygen atoms in total. The van der Waals surface area contributed by atoms with Crippen molar-refractivity contribution in [2.45, 2.75) is 12.8 Å². The topological polar surface area (TPSA) is 24.4 Å². The Morgan fingerprint density at radius 3 is 3.31 bits per heavy atom. The highest BCUT2D eigenvalue weighted by molar-refractivity contribution is 6.07. The molecular weight excluding hydrogens is 160 g/mol. The van der Waals surface area contributed by atoms with Gasteiger partial charge in [0.2, 0.25) is 0 Å². The largest absolute Gasteiger partial charge is 0.311 e. The van der Waals surface area contributed by atoms with Crippen LogP contribution in [0.25, 0.3) is 0 Å². The van der Waals surface area contributed by atoms with Gasteiger partial charge in [-0.05, 0) is 36.6 Å². The van der Waals surface area contributed by atoms with Crippen molar-refractivity contribution in [3.05, 3.63) is 35.1 Å². The van der Waals surface area contributed by atoms with Crippen molar-refractivity contribution in [1.29, 1.82) is 0 Å². The summed E-state index contributed by atoms with van der Waals surface area (Å²) in [6.07, 6.45) is 8.67. The van der Waals surface area contributed by atoms with E-state index in [2.05, 4.69) is 28.5 Å².